The van der Waals surface area contributed by atoms with E-state index in [9.17, 15) is 4.79 Å². The van der Waals surface area contributed by atoms with E-state index in [0.717, 1.165) is 24.3 Å². The van der Waals surface area contributed by atoms with Crippen LogP contribution in [-0.4, -0.2) is 30.3 Å². The quantitative estimate of drug-likeness (QED) is 0.845. The Hall–Kier alpha value is -1.15. The zero-order chi connectivity index (χ0) is 14.2. The number of rotatable bonds is 3. The summed E-state index contributed by atoms with van der Waals surface area (Å²) >= 11 is 0. The minimum Gasteiger partial charge on any atom is -0.303 e. The molecule has 1 aliphatic heterocycles. The van der Waals surface area contributed by atoms with Crippen LogP contribution in [0.4, 0.5) is 0 Å². The lowest BCUT2D eigenvalue weighted by Crippen LogP contribution is -2.40. The molecule has 0 bridgehead atoms. The number of aryl methyl sites for hydroxylation is 1. The SMILES string of the molecule is O=C1c2ccccc2CCC1C1CCN(CC2CC2)CC1. The highest BCUT2D eigenvalue weighted by molar-refractivity contribution is 6.00. The molecule has 1 saturated carbocycles. The number of carbonyl (C=O) groups excluding carboxylic acids is 1. The number of hydrogen-bond donors (Lipinski definition) is 0. The number of Topliss-reactive ketones (excluding diaryl/α,β-unsaturated/α-hetero) is 1. The Morgan fingerprint density at radius 1 is 1.00 bits per heavy atom. The van der Waals surface area contributed by atoms with Crippen LogP contribution in [0, 0.1) is 17.8 Å². The standard InChI is InChI=1S/C19H25NO/c21-19-17-4-2-1-3-15(17)7-8-18(19)16-9-11-20(12-10-16)13-14-5-6-14/h1-4,14,16,18H,5-13H2. The largest absolute Gasteiger partial charge is 0.303 e. The van der Waals surface area contributed by atoms with Crippen LogP contribution >= 0.6 is 0 Å². The molecular formula is C19H25NO. The number of likely N-dealkylation sites (tertiary alicyclic amines) is 1. The maximum atomic E-state index is 12.8. The van der Waals surface area contributed by atoms with Gasteiger partial charge in [0.05, 0.1) is 0 Å². The van der Waals surface area contributed by atoms with Crippen LogP contribution in [0.1, 0.15) is 48.0 Å². The van der Waals surface area contributed by atoms with Crippen molar-refractivity contribution in [3.63, 3.8) is 0 Å². The highest BCUT2D eigenvalue weighted by Crippen LogP contribution is 2.36. The summed E-state index contributed by atoms with van der Waals surface area (Å²) in [5.41, 5.74) is 2.28. The Kier molecular flexibility index (Phi) is 3.58. The molecule has 2 fully saturated rings. The Labute approximate surface area is 127 Å². The lowest BCUT2D eigenvalue weighted by atomic mass is 9.73. The van der Waals surface area contributed by atoms with E-state index in [-0.39, 0.29) is 0 Å². The van der Waals surface area contributed by atoms with Gasteiger partial charge in [-0.05, 0) is 69.0 Å². The van der Waals surface area contributed by atoms with Crippen LogP contribution in [0.15, 0.2) is 24.3 Å². The van der Waals surface area contributed by atoms with Crippen molar-refractivity contribution in [3.05, 3.63) is 35.4 Å². The average molecular weight is 283 g/mol. The van der Waals surface area contributed by atoms with E-state index in [0.29, 0.717) is 17.6 Å². The number of fused-ring (bicyclic) bond motifs is 1. The first kappa shape index (κ1) is 13.5. The van der Waals surface area contributed by atoms with Crippen LogP contribution in [0.2, 0.25) is 0 Å². The molecule has 4 rings (SSSR count). The lowest BCUT2D eigenvalue weighted by Gasteiger charge is -2.37. The molecule has 2 nitrogen and oxygen atoms in total. The van der Waals surface area contributed by atoms with Crippen molar-refractivity contribution in [1.82, 2.24) is 4.90 Å². The molecule has 3 aliphatic rings. The van der Waals surface area contributed by atoms with E-state index in [1.54, 1.807) is 0 Å². The predicted molar refractivity (Wildman–Crippen MR) is 84.5 cm³/mol. The molecule has 0 aromatic heterocycles. The average Bonchev–Trinajstić information content (AvgIpc) is 3.33. The first-order valence-corrected chi connectivity index (χ1v) is 8.66. The second-order valence-electron chi connectivity index (χ2n) is 7.25. The van der Waals surface area contributed by atoms with Gasteiger partial charge in [-0.25, -0.2) is 0 Å². The summed E-state index contributed by atoms with van der Waals surface area (Å²) in [5.74, 6) is 2.34. The predicted octanol–water partition coefficient (Wildman–Crippen LogP) is 3.55. The lowest BCUT2D eigenvalue weighted by molar-refractivity contribution is 0.0764. The summed E-state index contributed by atoms with van der Waals surface area (Å²) in [6, 6.07) is 8.23. The number of ketones is 1. The Morgan fingerprint density at radius 3 is 2.52 bits per heavy atom. The topological polar surface area (TPSA) is 20.3 Å². The normalized spacial score (nSPS) is 27.6. The van der Waals surface area contributed by atoms with E-state index >= 15 is 0 Å². The zero-order valence-corrected chi connectivity index (χ0v) is 12.8. The van der Waals surface area contributed by atoms with Crippen molar-refractivity contribution in [3.8, 4) is 0 Å². The van der Waals surface area contributed by atoms with Crippen LogP contribution in [0.5, 0.6) is 0 Å². The Morgan fingerprint density at radius 2 is 1.76 bits per heavy atom. The molecule has 0 spiro atoms. The Bertz CT molecular complexity index is 526. The summed E-state index contributed by atoms with van der Waals surface area (Å²) in [4.78, 5) is 15.4. The summed E-state index contributed by atoms with van der Waals surface area (Å²) < 4.78 is 0. The van der Waals surface area contributed by atoms with Crippen molar-refractivity contribution in [1.29, 1.82) is 0 Å². The second-order valence-corrected chi connectivity index (χ2v) is 7.25. The van der Waals surface area contributed by atoms with E-state index in [1.807, 2.05) is 12.1 Å². The molecule has 2 aliphatic carbocycles. The maximum Gasteiger partial charge on any atom is 0.166 e. The maximum absolute atomic E-state index is 12.8. The van der Waals surface area contributed by atoms with Gasteiger partial charge in [-0.3, -0.25) is 4.79 Å². The summed E-state index contributed by atoms with van der Waals surface area (Å²) in [5, 5.41) is 0. The van der Waals surface area contributed by atoms with Gasteiger partial charge in [0.15, 0.2) is 5.78 Å². The molecule has 2 heteroatoms. The van der Waals surface area contributed by atoms with Gasteiger partial charge in [0.25, 0.3) is 0 Å². The van der Waals surface area contributed by atoms with Gasteiger partial charge in [0.2, 0.25) is 0 Å². The second kappa shape index (κ2) is 5.57. The van der Waals surface area contributed by atoms with E-state index in [1.165, 1.54) is 50.9 Å². The van der Waals surface area contributed by atoms with Gasteiger partial charge >= 0.3 is 0 Å². The van der Waals surface area contributed by atoms with Gasteiger partial charge in [0, 0.05) is 18.0 Å². The van der Waals surface area contributed by atoms with Crippen LogP contribution in [0.25, 0.3) is 0 Å². The van der Waals surface area contributed by atoms with E-state index in [4.69, 9.17) is 0 Å². The van der Waals surface area contributed by atoms with Gasteiger partial charge in [-0.15, -0.1) is 0 Å². The molecule has 1 heterocycles. The zero-order valence-electron chi connectivity index (χ0n) is 12.8. The van der Waals surface area contributed by atoms with Gasteiger partial charge < -0.3 is 4.90 Å². The molecule has 0 amide bonds. The summed E-state index contributed by atoms with van der Waals surface area (Å²) in [7, 11) is 0. The minimum absolute atomic E-state index is 0.294. The molecule has 1 saturated heterocycles. The van der Waals surface area contributed by atoms with Gasteiger partial charge in [0.1, 0.15) is 0 Å². The van der Waals surface area contributed by atoms with Gasteiger partial charge in [-0.1, -0.05) is 24.3 Å². The molecule has 1 aromatic rings. The first-order valence-electron chi connectivity index (χ1n) is 8.66. The van der Waals surface area contributed by atoms with Crippen molar-refractivity contribution in [2.45, 2.75) is 38.5 Å². The molecule has 1 aromatic carbocycles. The van der Waals surface area contributed by atoms with Crippen LogP contribution < -0.4 is 0 Å². The van der Waals surface area contributed by atoms with Crippen molar-refractivity contribution in [2.24, 2.45) is 17.8 Å². The van der Waals surface area contributed by atoms with Crippen molar-refractivity contribution >= 4 is 5.78 Å². The third-order valence-corrected chi connectivity index (χ3v) is 5.76. The van der Waals surface area contributed by atoms with Crippen molar-refractivity contribution in [2.75, 3.05) is 19.6 Å². The number of nitrogens with zero attached hydrogens (tertiary/aromatic N) is 1. The Balaban J connectivity index is 1.40. The molecular weight excluding hydrogens is 258 g/mol. The fourth-order valence-corrected chi connectivity index (χ4v) is 4.27. The molecule has 1 atom stereocenters. The smallest absolute Gasteiger partial charge is 0.166 e. The van der Waals surface area contributed by atoms with Gasteiger partial charge in [-0.2, -0.15) is 0 Å². The third kappa shape index (κ3) is 2.78. The number of benzene rings is 1. The minimum atomic E-state index is 0.294. The summed E-state index contributed by atoms with van der Waals surface area (Å²) in [6.07, 6.45) is 7.50. The first-order chi connectivity index (χ1) is 10.3. The fraction of sp³-hybridized carbons (Fsp3) is 0.632. The molecule has 21 heavy (non-hydrogen) atoms. The monoisotopic (exact) mass is 283 g/mol. The van der Waals surface area contributed by atoms with E-state index < -0.39 is 0 Å². The van der Waals surface area contributed by atoms with Crippen molar-refractivity contribution < 1.29 is 4.79 Å². The molecule has 1 unspecified atom stereocenters. The number of piperidine rings is 1. The summed E-state index contributed by atoms with van der Waals surface area (Å²) in [6.45, 7) is 3.74. The molecule has 0 radical (unpaired) electrons. The molecule has 112 valence electrons. The van der Waals surface area contributed by atoms with E-state index in [2.05, 4.69) is 17.0 Å². The number of carbonyl (C=O) groups is 1. The highest BCUT2D eigenvalue weighted by Gasteiger charge is 2.35. The highest BCUT2D eigenvalue weighted by atomic mass is 16.1. The molecule has 0 N–H and O–H groups in total. The fourth-order valence-electron chi connectivity index (χ4n) is 4.27. The van der Waals surface area contributed by atoms with Crippen LogP contribution in [0.3, 0.4) is 0 Å². The van der Waals surface area contributed by atoms with Crippen LogP contribution in [-0.2, 0) is 6.42 Å². The third-order valence-electron chi connectivity index (χ3n) is 5.76. The number of hydrogen-bond acceptors (Lipinski definition) is 2.